The Morgan fingerprint density at radius 2 is 1.46 bits per heavy atom. The van der Waals surface area contributed by atoms with Crippen LogP contribution in [0.25, 0.3) is 5.70 Å². The molecule has 1 heterocycles. The summed E-state index contributed by atoms with van der Waals surface area (Å²) in [4.78, 5) is 38.2. The van der Waals surface area contributed by atoms with E-state index in [0.29, 0.717) is 22.6 Å². The first-order chi connectivity index (χ1) is 13.2. The lowest BCUT2D eigenvalue weighted by molar-refractivity contribution is -0.123. The van der Waals surface area contributed by atoms with Gasteiger partial charge in [-0.25, -0.2) is 0 Å². The molecule has 1 aliphatic heterocycles. The van der Waals surface area contributed by atoms with E-state index in [1.165, 1.54) is 4.90 Å². The van der Waals surface area contributed by atoms with Gasteiger partial charge in [0.05, 0.1) is 0 Å². The SMILES string of the molecule is C=C1c2ccccc2C(=O)N1CC(=O)Nc1ccc(NC(=O)C(C)(C)C)cc1. The molecule has 0 unspecified atom stereocenters. The smallest absolute Gasteiger partial charge is 0.259 e. The number of anilines is 2. The number of fused-ring (bicyclic) bond motifs is 1. The lowest BCUT2D eigenvalue weighted by Gasteiger charge is -2.18. The first-order valence-electron chi connectivity index (χ1n) is 8.98. The molecular weight excluding hydrogens is 354 g/mol. The third-order valence-electron chi connectivity index (χ3n) is 4.45. The van der Waals surface area contributed by atoms with Gasteiger partial charge in [-0.3, -0.25) is 19.3 Å². The minimum absolute atomic E-state index is 0.0880. The number of nitrogens with zero attached hydrogens (tertiary/aromatic N) is 1. The summed E-state index contributed by atoms with van der Waals surface area (Å²) in [7, 11) is 0. The Morgan fingerprint density at radius 3 is 2.00 bits per heavy atom. The molecule has 0 fully saturated rings. The summed E-state index contributed by atoms with van der Waals surface area (Å²) in [5.41, 5.74) is 2.56. The predicted molar refractivity (Wildman–Crippen MR) is 110 cm³/mol. The maximum atomic E-state index is 12.5. The van der Waals surface area contributed by atoms with Crippen LogP contribution in [-0.4, -0.2) is 29.2 Å². The molecule has 0 aliphatic carbocycles. The highest BCUT2D eigenvalue weighted by atomic mass is 16.2. The maximum absolute atomic E-state index is 12.5. The van der Waals surface area contributed by atoms with Crippen LogP contribution >= 0.6 is 0 Å². The molecule has 0 spiro atoms. The Bertz CT molecular complexity index is 921. The number of rotatable bonds is 4. The van der Waals surface area contributed by atoms with Gasteiger partial charge in [0, 0.05) is 33.6 Å². The molecule has 3 rings (SSSR count). The number of carbonyl (C=O) groups excluding carboxylic acids is 3. The summed E-state index contributed by atoms with van der Waals surface area (Å²) in [5, 5.41) is 5.59. The standard InChI is InChI=1S/C22H23N3O3/c1-14-17-7-5-6-8-18(17)20(27)25(14)13-19(26)23-15-9-11-16(12-10-15)24-21(28)22(2,3)4/h5-12H,1,13H2,2-4H3,(H,23,26)(H,24,28). The molecule has 0 bridgehead atoms. The van der Waals surface area contributed by atoms with Crippen LogP contribution in [0.2, 0.25) is 0 Å². The number of amides is 3. The van der Waals surface area contributed by atoms with Gasteiger partial charge in [-0.15, -0.1) is 0 Å². The molecule has 2 aromatic carbocycles. The van der Waals surface area contributed by atoms with Gasteiger partial charge in [-0.05, 0) is 30.3 Å². The number of benzene rings is 2. The third kappa shape index (κ3) is 3.96. The van der Waals surface area contributed by atoms with Crippen LogP contribution in [0.3, 0.4) is 0 Å². The van der Waals surface area contributed by atoms with Crippen molar-refractivity contribution in [2.45, 2.75) is 20.8 Å². The molecule has 6 nitrogen and oxygen atoms in total. The molecule has 6 heteroatoms. The lowest BCUT2D eigenvalue weighted by atomic mass is 9.95. The van der Waals surface area contributed by atoms with E-state index in [-0.39, 0.29) is 24.3 Å². The first-order valence-corrected chi connectivity index (χ1v) is 8.98. The van der Waals surface area contributed by atoms with E-state index in [9.17, 15) is 14.4 Å². The highest BCUT2D eigenvalue weighted by molar-refractivity contribution is 6.11. The average molecular weight is 377 g/mol. The zero-order chi connectivity index (χ0) is 20.5. The number of carbonyl (C=O) groups is 3. The molecule has 144 valence electrons. The van der Waals surface area contributed by atoms with Gasteiger partial charge < -0.3 is 10.6 Å². The van der Waals surface area contributed by atoms with Gasteiger partial charge in [-0.1, -0.05) is 45.5 Å². The van der Waals surface area contributed by atoms with Gasteiger partial charge in [0.2, 0.25) is 11.8 Å². The molecule has 2 aromatic rings. The first kappa shape index (κ1) is 19.4. The Kier molecular flexibility index (Phi) is 5.05. The van der Waals surface area contributed by atoms with Crippen LogP contribution in [0, 0.1) is 5.41 Å². The van der Waals surface area contributed by atoms with Gasteiger partial charge >= 0.3 is 0 Å². The molecule has 0 saturated carbocycles. The van der Waals surface area contributed by atoms with Crippen molar-refractivity contribution < 1.29 is 14.4 Å². The average Bonchev–Trinajstić information content (AvgIpc) is 2.88. The molecule has 0 radical (unpaired) electrons. The molecule has 0 aromatic heterocycles. The van der Waals surface area contributed by atoms with E-state index in [1.807, 2.05) is 32.9 Å². The third-order valence-corrected chi connectivity index (χ3v) is 4.45. The summed E-state index contributed by atoms with van der Waals surface area (Å²) in [6, 6.07) is 14.0. The summed E-state index contributed by atoms with van der Waals surface area (Å²) >= 11 is 0. The molecule has 2 N–H and O–H groups in total. The van der Waals surface area contributed by atoms with Crippen LogP contribution in [-0.2, 0) is 9.59 Å². The highest BCUT2D eigenvalue weighted by Gasteiger charge is 2.31. The quantitative estimate of drug-likeness (QED) is 0.852. The van der Waals surface area contributed by atoms with Gasteiger partial charge in [-0.2, -0.15) is 0 Å². The summed E-state index contributed by atoms with van der Waals surface area (Å²) in [5.74, 6) is -0.639. The Balaban J connectivity index is 1.61. The molecular formula is C22H23N3O3. The van der Waals surface area contributed by atoms with Crippen LogP contribution in [0.15, 0.2) is 55.1 Å². The Hall–Kier alpha value is -3.41. The van der Waals surface area contributed by atoms with Crippen LogP contribution in [0.1, 0.15) is 36.7 Å². The van der Waals surface area contributed by atoms with Crippen molar-refractivity contribution >= 4 is 34.8 Å². The fraction of sp³-hybridized carbons (Fsp3) is 0.227. The van der Waals surface area contributed by atoms with Crippen molar-refractivity contribution in [3.8, 4) is 0 Å². The maximum Gasteiger partial charge on any atom is 0.259 e. The second-order valence-corrected chi connectivity index (χ2v) is 7.71. The lowest BCUT2D eigenvalue weighted by Crippen LogP contribution is -2.32. The molecule has 0 saturated heterocycles. The van der Waals surface area contributed by atoms with Crippen molar-refractivity contribution in [2.24, 2.45) is 5.41 Å². The van der Waals surface area contributed by atoms with Gasteiger partial charge in [0.15, 0.2) is 0 Å². The fourth-order valence-electron chi connectivity index (χ4n) is 2.80. The summed E-state index contributed by atoms with van der Waals surface area (Å²) < 4.78 is 0. The molecule has 1 aliphatic rings. The van der Waals surface area contributed by atoms with Crippen LogP contribution < -0.4 is 10.6 Å². The zero-order valence-electron chi connectivity index (χ0n) is 16.2. The number of hydrogen-bond donors (Lipinski definition) is 2. The minimum atomic E-state index is -0.491. The zero-order valence-corrected chi connectivity index (χ0v) is 16.2. The minimum Gasteiger partial charge on any atom is -0.326 e. The van der Waals surface area contributed by atoms with Crippen molar-refractivity contribution in [3.05, 3.63) is 66.2 Å². The second-order valence-electron chi connectivity index (χ2n) is 7.71. The normalized spacial score (nSPS) is 13.3. The second kappa shape index (κ2) is 7.31. The summed E-state index contributed by atoms with van der Waals surface area (Å²) in [6.07, 6.45) is 0. The monoisotopic (exact) mass is 377 g/mol. The van der Waals surface area contributed by atoms with Crippen LogP contribution in [0.4, 0.5) is 11.4 Å². The Morgan fingerprint density at radius 1 is 0.929 bits per heavy atom. The predicted octanol–water partition coefficient (Wildman–Crippen LogP) is 3.74. The molecule has 0 atom stereocenters. The van der Waals surface area contributed by atoms with E-state index >= 15 is 0 Å². The van der Waals surface area contributed by atoms with Crippen molar-refractivity contribution in [3.63, 3.8) is 0 Å². The Labute approximate surface area is 164 Å². The molecule has 3 amide bonds. The summed E-state index contributed by atoms with van der Waals surface area (Å²) in [6.45, 7) is 9.32. The fourth-order valence-corrected chi connectivity index (χ4v) is 2.80. The largest absolute Gasteiger partial charge is 0.326 e. The van der Waals surface area contributed by atoms with E-state index in [2.05, 4.69) is 17.2 Å². The van der Waals surface area contributed by atoms with Crippen LogP contribution in [0.5, 0.6) is 0 Å². The van der Waals surface area contributed by atoms with E-state index < -0.39 is 5.41 Å². The van der Waals surface area contributed by atoms with E-state index in [1.54, 1.807) is 36.4 Å². The topological polar surface area (TPSA) is 78.5 Å². The molecule has 28 heavy (non-hydrogen) atoms. The van der Waals surface area contributed by atoms with Crippen molar-refractivity contribution in [1.82, 2.24) is 4.90 Å². The highest BCUT2D eigenvalue weighted by Crippen LogP contribution is 2.30. The number of hydrogen-bond acceptors (Lipinski definition) is 3. The van der Waals surface area contributed by atoms with E-state index in [0.717, 1.165) is 5.56 Å². The van der Waals surface area contributed by atoms with Crippen molar-refractivity contribution in [2.75, 3.05) is 17.2 Å². The van der Waals surface area contributed by atoms with Crippen molar-refractivity contribution in [1.29, 1.82) is 0 Å². The van der Waals surface area contributed by atoms with E-state index in [4.69, 9.17) is 0 Å². The number of nitrogens with one attached hydrogen (secondary N) is 2. The van der Waals surface area contributed by atoms with Gasteiger partial charge in [0.25, 0.3) is 5.91 Å². The van der Waals surface area contributed by atoms with Gasteiger partial charge in [0.1, 0.15) is 6.54 Å².